The largest absolute Gasteiger partial charge is 0.523 e. The molecule has 0 unspecified atom stereocenters. The van der Waals surface area contributed by atoms with Crippen LogP contribution in [0.15, 0.2) is 18.2 Å². The highest BCUT2D eigenvalue weighted by Gasteiger charge is 2.47. The first kappa shape index (κ1) is 17.6. The summed E-state index contributed by atoms with van der Waals surface area (Å²) < 4.78 is 71.5. The number of rotatable bonds is 7. The molecule has 0 bridgehead atoms. The normalized spacial score (nSPS) is 12.2. The Hall–Kier alpha value is -1.48. The van der Waals surface area contributed by atoms with E-state index in [4.69, 9.17) is 9.47 Å². The van der Waals surface area contributed by atoms with Crippen LogP contribution in [0, 0.1) is 0 Å². The van der Waals surface area contributed by atoms with Crippen LogP contribution in [-0.4, -0.2) is 34.8 Å². The van der Waals surface area contributed by atoms with Crippen molar-refractivity contribution in [3.63, 3.8) is 0 Å². The second-order valence-corrected chi connectivity index (χ2v) is 5.65. The summed E-state index contributed by atoms with van der Waals surface area (Å²) in [7, 11) is -2.59. The van der Waals surface area contributed by atoms with Gasteiger partial charge in [0.1, 0.15) is 11.5 Å². The van der Waals surface area contributed by atoms with Gasteiger partial charge in [0, 0.05) is 6.07 Å². The molecule has 21 heavy (non-hydrogen) atoms. The minimum absolute atomic E-state index is 0.103. The van der Waals surface area contributed by atoms with E-state index < -0.39 is 22.2 Å². The average molecular weight is 328 g/mol. The third kappa shape index (κ3) is 5.09. The van der Waals surface area contributed by atoms with Crippen LogP contribution >= 0.6 is 0 Å². The third-order valence-electron chi connectivity index (χ3n) is 2.54. The fraction of sp³-hybridized carbons (Fsp3) is 0.500. The van der Waals surface area contributed by atoms with Crippen LogP contribution in [0.3, 0.4) is 0 Å². The summed E-state index contributed by atoms with van der Waals surface area (Å²) in [5, 5.41) is 0. The number of aryl methyl sites for hydroxylation is 1. The lowest BCUT2D eigenvalue weighted by Gasteiger charge is -2.10. The van der Waals surface area contributed by atoms with Gasteiger partial charge in [-0.15, -0.1) is 0 Å². The Kier molecular flexibility index (Phi) is 5.85. The average Bonchev–Trinajstić information content (AvgIpc) is 2.42. The maximum absolute atomic E-state index is 12.0. The molecular weight excluding hydrogens is 313 g/mol. The van der Waals surface area contributed by atoms with E-state index in [9.17, 15) is 21.6 Å². The van der Waals surface area contributed by atoms with Gasteiger partial charge in [0.15, 0.2) is 0 Å². The molecule has 0 aliphatic rings. The number of benzene rings is 1. The Morgan fingerprint density at radius 3 is 2.00 bits per heavy atom. The minimum atomic E-state index is -5.53. The summed E-state index contributed by atoms with van der Waals surface area (Å²) in [6, 6.07) is 5.01. The molecule has 0 spiro atoms. The van der Waals surface area contributed by atoms with Gasteiger partial charge in [0.25, 0.3) is 0 Å². The first-order valence-corrected chi connectivity index (χ1v) is 7.28. The van der Waals surface area contributed by atoms with E-state index in [1.165, 1.54) is 14.2 Å². The van der Waals surface area contributed by atoms with E-state index in [1.807, 2.05) is 0 Å². The molecule has 0 aromatic heterocycles. The summed E-state index contributed by atoms with van der Waals surface area (Å²) in [6.45, 7) is -0.554. The molecule has 0 fully saturated rings. The third-order valence-corrected chi connectivity index (χ3v) is 3.59. The number of hydrogen-bond acceptors (Lipinski definition) is 5. The van der Waals surface area contributed by atoms with Crippen molar-refractivity contribution in [1.29, 1.82) is 0 Å². The summed E-state index contributed by atoms with van der Waals surface area (Å²) in [5.74, 6) is 1.07. The quantitative estimate of drug-likeness (QED) is 0.437. The van der Waals surface area contributed by atoms with Gasteiger partial charge < -0.3 is 9.47 Å². The molecule has 0 heterocycles. The smallest absolute Gasteiger partial charge is 0.497 e. The minimum Gasteiger partial charge on any atom is -0.497 e. The van der Waals surface area contributed by atoms with E-state index in [0.29, 0.717) is 17.9 Å². The summed E-state index contributed by atoms with van der Waals surface area (Å²) in [6.07, 6.45) is 0.423. The van der Waals surface area contributed by atoms with Crippen LogP contribution < -0.4 is 9.47 Å². The number of alkyl halides is 3. The highest BCUT2D eigenvalue weighted by Crippen LogP contribution is 2.25. The summed E-state index contributed by atoms with van der Waals surface area (Å²) in [4.78, 5) is 0. The standard InChI is InChI=1S/C12H15F3O5S/c1-18-10-6-9(7-11(8-10)19-2)4-3-5-20-21(16,17)12(13,14)15/h6-8H,3-5H2,1-2H3. The molecule has 0 atom stereocenters. The zero-order valence-corrected chi connectivity index (χ0v) is 12.3. The Balaban J connectivity index is 2.57. The molecule has 0 saturated carbocycles. The Morgan fingerprint density at radius 1 is 1.05 bits per heavy atom. The van der Waals surface area contributed by atoms with Crippen molar-refractivity contribution in [2.24, 2.45) is 0 Å². The van der Waals surface area contributed by atoms with Crippen molar-refractivity contribution in [3.8, 4) is 11.5 Å². The van der Waals surface area contributed by atoms with Gasteiger partial charge in [-0.1, -0.05) is 0 Å². The van der Waals surface area contributed by atoms with E-state index in [1.54, 1.807) is 18.2 Å². The van der Waals surface area contributed by atoms with Gasteiger partial charge in [-0.2, -0.15) is 21.6 Å². The lowest BCUT2D eigenvalue weighted by molar-refractivity contribution is -0.0542. The van der Waals surface area contributed by atoms with Gasteiger partial charge in [-0.05, 0) is 30.5 Å². The topological polar surface area (TPSA) is 61.8 Å². The van der Waals surface area contributed by atoms with Gasteiger partial charge >= 0.3 is 15.6 Å². The van der Waals surface area contributed by atoms with E-state index in [0.717, 1.165) is 5.56 Å². The molecule has 0 aliphatic heterocycles. The lowest BCUT2D eigenvalue weighted by Crippen LogP contribution is -2.25. The highest BCUT2D eigenvalue weighted by atomic mass is 32.2. The van der Waals surface area contributed by atoms with Gasteiger partial charge in [-0.25, -0.2) is 0 Å². The SMILES string of the molecule is COc1cc(CCCOS(=O)(=O)C(F)(F)F)cc(OC)c1. The Labute approximate surface area is 120 Å². The fourth-order valence-electron chi connectivity index (χ4n) is 1.52. The molecule has 0 radical (unpaired) electrons. The molecule has 0 amide bonds. The Morgan fingerprint density at radius 2 is 1.57 bits per heavy atom. The molecule has 9 heteroatoms. The van der Waals surface area contributed by atoms with Crippen LogP contribution in [0.2, 0.25) is 0 Å². The molecule has 1 aromatic rings. The molecule has 120 valence electrons. The Bertz CT molecular complexity index is 546. The summed E-state index contributed by atoms with van der Waals surface area (Å²) in [5.41, 5.74) is -4.66. The molecule has 0 aliphatic carbocycles. The zero-order valence-electron chi connectivity index (χ0n) is 11.4. The molecule has 5 nitrogen and oxygen atoms in total. The predicted octanol–water partition coefficient (Wildman–Crippen LogP) is 2.50. The maximum Gasteiger partial charge on any atom is 0.523 e. The fourth-order valence-corrected chi connectivity index (χ4v) is 1.99. The van der Waals surface area contributed by atoms with Crippen LogP contribution in [0.5, 0.6) is 11.5 Å². The van der Waals surface area contributed by atoms with Crippen molar-refractivity contribution in [2.45, 2.75) is 18.3 Å². The number of ether oxygens (including phenoxy) is 2. The molecular formula is C12H15F3O5S. The van der Waals surface area contributed by atoms with Crippen molar-refractivity contribution in [1.82, 2.24) is 0 Å². The van der Waals surface area contributed by atoms with Gasteiger partial charge in [-0.3, -0.25) is 4.18 Å². The van der Waals surface area contributed by atoms with Crippen LogP contribution in [0.25, 0.3) is 0 Å². The lowest BCUT2D eigenvalue weighted by atomic mass is 10.1. The van der Waals surface area contributed by atoms with Gasteiger partial charge in [0.05, 0.1) is 20.8 Å². The van der Waals surface area contributed by atoms with Crippen molar-refractivity contribution < 1.29 is 35.2 Å². The molecule has 0 N–H and O–H groups in total. The van der Waals surface area contributed by atoms with E-state index >= 15 is 0 Å². The second-order valence-electron chi connectivity index (χ2n) is 4.05. The molecule has 1 aromatic carbocycles. The number of hydrogen-bond donors (Lipinski definition) is 0. The maximum atomic E-state index is 12.0. The molecule has 0 saturated heterocycles. The van der Waals surface area contributed by atoms with E-state index in [2.05, 4.69) is 4.18 Å². The number of methoxy groups -OCH3 is 2. The highest BCUT2D eigenvalue weighted by molar-refractivity contribution is 7.87. The van der Waals surface area contributed by atoms with Crippen LogP contribution in [0.4, 0.5) is 13.2 Å². The van der Waals surface area contributed by atoms with E-state index in [-0.39, 0.29) is 6.42 Å². The van der Waals surface area contributed by atoms with Crippen molar-refractivity contribution >= 4 is 10.1 Å². The number of halogens is 3. The zero-order chi connectivity index (χ0) is 16.1. The van der Waals surface area contributed by atoms with Crippen molar-refractivity contribution in [3.05, 3.63) is 23.8 Å². The monoisotopic (exact) mass is 328 g/mol. The first-order valence-electron chi connectivity index (χ1n) is 5.87. The van der Waals surface area contributed by atoms with Crippen molar-refractivity contribution in [2.75, 3.05) is 20.8 Å². The van der Waals surface area contributed by atoms with Crippen LogP contribution in [-0.2, 0) is 20.7 Å². The second kappa shape index (κ2) is 6.99. The predicted molar refractivity (Wildman–Crippen MR) is 68.8 cm³/mol. The first-order chi connectivity index (χ1) is 9.69. The van der Waals surface area contributed by atoms with Gasteiger partial charge in [0.2, 0.25) is 0 Å². The molecule has 1 rings (SSSR count). The summed E-state index contributed by atoms with van der Waals surface area (Å²) >= 11 is 0. The van der Waals surface area contributed by atoms with Crippen LogP contribution in [0.1, 0.15) is 12.0 Å².